The Hall–Kier alpha value is -4.26. The molecular formula is C32H35N4O3+. The second-order valence-corrected chi connectivity index (χ2v) is 10.5. The molecule has 2 aliphatic rings. The second-order valence-electron chi connectivity index (χ2n) is 10.5. The number of anilines is 2. The first-order chi connectivity index (χ1) is 19.0. The van der Waals surface area contributed by atoms with Gasteiger partial charge in [0.1, 0.15) is 12.2 Å². The van der Waals surface area contributed by atoms with E-state index in [2.05, 4.69) is 10.6 Å². The Labute approximate surface area is 229 Å². The highest BCUT2D eigenvalue weighted by Crippen LogP contribution is 2.35. The van der Waals surface area contributed by atoms with Crippen LogP contribution in [-0.4, -0.2) is 29.4 Å². The average molecular weight is 524 g/mol. The zero-order valence-electron chi connectivity index (χ0n) is 22.3. The number of para-hydroxylation sites is 1. The van der Waals surface area contributed by atoms with Crippen LogP contribution >= 0.6 is 0 Å². The normalized spacial score (nSPS) is 17.6. The van der Waals surface area contributed by atoms with Gasteiger partial charge in [0.15, 0.2) is 10.7 Å². The summed E-state index contributed by atoms with van der Waals surface area (Å²) in [4.78, 5) is 41.0. The second kappa shape index (κ2) is 12.1. The number of Topliss-reactive ketones (excluding diaryl/α,β-unsaturated/α-hetero) is 1. The van der Waals surface area contributed by atoms with Gasteiger partial charge in [-0.3, -0.25) is 10.1 Å². The summed E-state index contributed by atoms with van der Waals surface area (Å²) in [6.07, 6.45) is 6.86. The number of fused-ring (bicyclic) bond motifs is 1. The molecule has 7 nitrogen and oxygen atoms in total. The first-order valence-corrected chi connectivity index (χ1v) is 13.7. The van der Waals surface area contributed by atoms with Gasteiger partial charge in [-0.25, -0.2) is 4.79 Å². The van der Waals surface area contributed by atoms with Crippen molar-refractivity contribution in [2.45, 2.75) is 51.6 Å². The molecule has 1 saturated carbocycles. The molecule has 200 valence electrons. The van der Waals surface area contributed by atoms with Crippen molar-refractivity contribution >= 4 is 28.8 Å². The SMILES string of the molecule is Cc1cccc(NC(=O)NC2C=C(c3ccccc3)c3ccccc3N(CC(=O)CC3CCCCC3)[N+]2=O)c1. The molecule has 1 fully saturated rings. The lowest BCUT2D eigenvalue weighted by atomic mass is 9.86. The average Bonchev–Trinajstić information content (AvgIpc) is 3.05. The molecule has 2 amide bonds. The predicted octanol–water partition coefficient (Wildman–Crippen LogP) is 6.63. The van der Waals surface area contributed by atoms with E-state index in [1.165, 1.54) is 11.4 Å². The van der Waals surface area contributed by atoms with Crippen molar-refractivity contribution < 1.29 is 14.5 Å². The molecule has 0 aromatic heterocycles. The Kier molecular flexibility index (Phi) is 8.16. The number of hydrazine groups is 1. The minimum atomic E-state index is -1.04. The van der Waals surface area contributed by atoms with Crippen LogP contribution in [0.3, 0.4) is 0 Å². The zero-order chi connectivity index (χ0) is 27.2. The number of amides is 2. The van der Waals surface area contributed by atoms with Crippen LogP contribution < -0.4 is 15.6 Å². The van der Waals surface area contributed by atoms with Gasteiger partial charge < -0.3 is 5.32 Å². The third-order valence-corrected chi connectivity index (χ3v) is 7.48. The van der Waals surface area contributed by atoms with Crippen molar-refractivity contribution in [2.75, 3.05) is 16.9 Å². The first-order valence-electron chi connectivity index (χ1n) is 13.7. The van der Waals surface area contributed by atoms with Crippen molar-refractivity contribution in [1.29, 1.82) is 0 Å². The number of carbonyl (C=O) groups is 2. The van der Waals surface area contributed by atoms with Gasteiger partial charge in [-0.05, 0) is 47.7 Å². The van der Waals surface area contributed by atoms with Gasteiger partial charge in [0.2, 0.25) is 0 Å². The topological polar surface area (TPSA) is 81.5 Å². The molecule has 1 atom stereocenters. The highest BCUT2D eigenvalue weighted by molar-refractivity contribution is 5.92. The summed E-state index contributed by atoms with van der Waals surface area (Å²) in [5.41, 5.74) is 4.85. The molecule has 0 bridgehead atoms. The fourth-order valence-corrected chi connectivity index (χ4v) is 5.58. The number of nitroso groups, excluding NO2 is 1. The third-order valence-electron chi connectivity index (χ3n) is 7.48. The summed E-state index contributed by atoms with van der Waals surface area (Å²) in [7, 11) is 0. The van der Waals surface area contributed by atoms with Crippen LogP contribution in [0.1, 0.15) is 55.2 Å². The molecule has 0 spiro atoms. The number of nitrogens with zero attached hydrogens (tertiary/aromatic N) is 2. The number of benzene rings is 3. The first kappa shape index (κ1) is 26.4. The van der Waals surface area contributed by atoms with Crippen LogP contribution in [0.15, 0.2) is 84.9 Å². The fourth-order valence-electron chi connectivity index (χ4n) is 5.58. The maximum atomic E-state index is 14.0. The number of aryl methyl sites for hydroxylation is 1. The van der Waals surface area contributed by atoms with Crippen LogP contribution in [0.25, 0.3) is 5.57 Å². The molecule has 0 saturated heterocycles. The van der Waals surface area contributed by atoms with Gasteiger partial charge in [-0.15, -0.1) is 0 Å². The molecule has 0 radical (unpaired) electrons. The molecule has 3 aromatic rings. The molecule has 5 rings (SSSR count). The van der Waals surface area contributed by atoms with Crippen LogP contribution in [0, 0.1) is 17.7 Å². The van der Waals surface area contributed by atoms with E-state index < -0.39 is 12.2 Å². The van der Waals surface area contributed by atoms with Gasteiger partial charge in [0.05, 0.1) is 4.91 Å². The van der Waals surface area contributed by atoms with Crippen LogP contribution in [-0.2, 0) is 4.79 Å². The number of urea groups is 1. The van der Waals surface area contributed by atoms with E-state index in [-0.39, 0.29) is 12.3 Å². The lowest BCUT2D eigenvalue weighted by Gasteiger charge is -2.22. The van der Waals surface area contributed by atoms with Gasteiger partial charge in [-0.1, -0.05) is 97.8 Å². The van der Waals surface area contributed by atoms with E-state index in [0.717, 1.165) is 52.8 Å². The van der Waals surface area contributed by atoms with Crippen molar-refractivity contribution in [3.05, 3.63) is 107 Å². The highest BCUT2D eigenvalue weighted by atomic mass is 16.3. The van der Waals surface area contributed by atoms with Gasteiger partial charge in [0, 0.05) is 23.7 Å². The van der Waals surface area contributed by atoms with E-state index in [4.69, 9.17) is 0 Å². The molecule has 7 heteroatoms. The number of carbonyl (C=O) groups excluding carboxylic acids is 2. The van der Waals surface area contributed by atoms with Gasteiger partial charge in [0.25, 0.3) is 0 Å². The summed E-state index contributed by atoms with van der Waals surface area (Å²) in [6.45, 7) is 1.90. The standard InChI is InChI=1S/C32H34N4O3/c1-23-11-10-16-26(19-23)33-32(38)34-31-21-29(25-14-6-3-7-15-25)28-17-8-9-18-30(28)35(36(31)39)22-27(37)20-24-12-4-2-5-13-24/h3,6-11,14-19,21,24,31H,2,4-5,12-13,20,22H2,1H3,(H-,33,34,38)/p+1. The molecule has 1 aliphatic heterocycles. The predicted molar refractivity (Wildman–Crippen MR) is 154 cm³/mol. The summed E-state index contributed by atoms with van der Waals surface area (Å²) in [6, 6.07) is 24.3. The van der Waals surface area contributed by atoms with Crippen LogP contribution in [0.2, 0.25) is 0 Å². The van der Waals surface area contributed by atoms with E-state index in [1.807, 2.05) is 79.7 Å². The summed E-state index contributed by atoms with van der Waals surface area (Å²) >= 11 is 0. The van der Waals surface area contributed by atoms with E-state index in [1.54, 1.807) is 12.1 Å². The summed E-state index contributed by atoms with van der Waals surface area (Å²) in [5.74, 6) is 0.407. The Bertz CT molecular complexity index is 1380. The van der Waals surface area contributed by atoms with Gasteiger partial charge >= 0.3 is 12.2 Å². The minimum absolute atomic E-state index is 0.0312. The Morgan fingerprint density at radius 1 is 0.923 bits per heavy atom. The number of hydrogen-bond donors (Lipinski definition) is 2. The number of rotatable bonds is 7. The Morgan fingerprint density at radius 3 is 2.44 bits per heavy atom. The monoisotopic (exact) mass is 523 g/mol. The largest absolute Gasteiger partial charge is 0.330 e. The van der Waals surface area contributed by atoms with Crippen molar-refractivity contribution in [2.24, 2.45) is 5.92 Å². The van der Waals surface area contributed by atoms with E-state index in [0.29, 0.717) is 23.7 Å². The van der Waals surface area contributed by atoms with Crippen molar-refractivity contribution in [3.63, 3.8) is 0 Å². The maximum absolute atomic E-state index is 14.0. The lowest BCUT2D eigenvalue weighted by Crippen LogP contribution is -2.50. The third kappa shape index (κ3) is 6.42. The molecule has 1 heterocycles. The highest BCUT2D eigenvalue weighted by Gasteiger charge is 2.39. The molecular weight excluding hydrogens is 488 g/mol. The molecule has 39 heavy (non-hydrogen) atoms. The molecule has 2 N–H and O–H groups in total. The van der Waals surface area contributed by atoms with Crippen LogP contribution in [0.4, 0.5) is 16.2 Å². The van der Waals surface area contributed by atoms with Crippen molar-refractivity contribution in [3.8, 4) is 0 Å². The lowest BCUT2D eigenvalue weighted by molar-refractivity contribution is -0.588. The van der Waals surface area contributed by atoms with Crippen molar-refractivity contribution in [1.82, 2.24) is 5.32 Å². The van der Waals surface area contributed by atoms with Crippen LogP contribution in [0.5, 0.6) is 0 Å². The molecule has 1 unspecified atom stereocenters. The number of nitrogens with one attached hydrogen (secondary N) is 2. The summed E-state index contributed by atoms with van der Waals surface area (Å²) < 4.78 is 0. The smallest absolute Gasteiger partial charge is 0.308 e. The minimum Gasteiger partial charge on any atom is -0.308 e. The number of ketones is 1. The maximum Gasteiger partial charge on any atom is 0.330 e. The van der Waals surface area contributed by atoms with Gasteiger partial charge in [-0.2, -0.15) is 0 Å². The molecule has 1 aliphatic carbocycles. The zero-order valence-corrected chi connectivity index (χ0v) is 22.3. The van der Waals surface area contributed by atoms with E-state index in [9.17, 15) is 14.5 Å². The fraction of sp³-hybridized carbons (Fsp3) is 0.312. The molecule has 3 aromatic carbocycles. The number of hydrogen-bond acceptors (Lipinski definition) is 3. The van der Waals surface area contributed by atoms with E-state index >= 15 is 0 Å². The Morgan fingerprint density at radius 2 is 1.67 bits per heavy atom. The quantitative estimate of drug-likeness (QED) is 0.341. The summed E-state index contributed by atoms with van der Waals surface area (Å²) in [5, 5.41) is 7.13. The Balaban J connectivity index is 1.47.